The first-order chi connectivity index (χ1) is 19.7. The highest BCUT2D eigenvalue weighted by Gasteiger charge is 2.35. The van der Waals surface area contributed by atoms with E-state index in [4.69, 9.17) is 9.47 Å². The van der Waals surface area contributed by atoms with Crippen molar-refractivity contribution in [1.29, 1.82) is 0 Å². The zero-order valence-corrected chi connectivity index (χ0v) is 24.2. The highest BCUT2D eigenvalue weighted by atomic mass is 19.1. The number of methoxy groups -OCH3 is 1. The van der Waals surface area contributed by atoms with Crippen LogP contribution in [0.5, 0.6) is 11.5 Å². The molecule has 2 saturated carbocycles. The summed E-state index contributed by atoms with van der Waals surface area (Å²) in [6.45, 7) is 4.71. The highest BCUT2D eigenvalue weighted by Crippen LogP contribution is 2.50. The van der Waals surface area contributed by atoms with Gasteiger partial charge in [0.25, 0.3) is 0 Å². The van der Waals surface area contributed by atoms with Crippen LogP contribution in [0.2, 0.25) is 0 Å². The molecule has 0 aromatic heterocycles. The molecule has 5 rings (SSSR count). The molecule has 3 aromatic carbocycles. The second-order valence-corrected chi connectivity index (χ2v) is 12.5. The summed E-state index contributed by atoms with van der Waals surface area (Å²) >= 11 is 0. The minimum absolute atomic E-state index is 0.0446. The molecule has 2 aliphatic rings. The van der Waals surface area contributed by atoms with E-state index in [0.29, 0.717) is 29.2 Å². The average molecular weight is 563 g/mol. The van der Waals surface area contributed by atoms with Crippen molar-refractivity contribution in [3.05, 3.63) is 82.9 Å². The Morgan fingerprint density at radius 2 is 1.83 bits per heavy atom. The Kier molecular flexibility index (Phi) is 8.67. The van der Waals surface area contributed by atoms with Crippen LogP contribution in [-0.4, -0.2) is 18.2 Å². The number of rotatable bonds is 11. The van der Waals surface area contributed by atoms with Gasteiger partial charge in [0.05, 0.1) is 13.5 Å². The highest BCUT2D eigenvalue weighted by molar-refractivity contribution is 5.71. The molecule has 41 heavy (non-hydrogen) atoms. The summed E-state index contributed by atoms with van der Waals surface area (Å²) in [6.07, 6.45) is 7.12. The Bertz CT molecular complexity index is 1390. The maximum atomic E-state index is 15.6. The number of benzene rings is 3. The van der Waals surface area contributed by atoms with E-state index >= 15 is 8.78 Å². The van der Waals surface area contributed by atoms with Gasteiger partial charge in [0.1, 0.15) is 18.2 Å². The number of carbonyl (C=O) groups is 1. The van der Waals surface area contributed by atoms with E-state index in [0.717, 1.165) is 48.8 Å². The molecule has 0 spiro atoms. The van der Waals surface area contributed by atoms with Crippen molar-refractivity contribution in [3.8, 4) is 22.6 Å². The average Bonchev–Trinajstić information content (AvgIpc) is 3.76. The van der Waals surface area contributed by atoms with Crippen molar-refractivity contribution in [1.82, 2.24) is 0 Å². The predicted molar refractivity (Wildman–Crippen MR) is 156 cm³/mol. The molecule has 4 nitrogen and oxygen atoms in total. The van der Waals surface area contributed by atoms with E-state index in [2.05, 4.69) is 19.9 Å². The molecule has 2 fully saturated rings. The molecule has 0 radical (unpaired) electrons. The molecule has 2 atom stereocenters. The zero-order valence-electron chi connectivity index (χ0n) is 24.2. The molecule has 2 aliphatic carbocycles. The lowest BCUT2D eigenvalue weighted by molar-refractivity contribution is -0.137. The third-order valence-electron chi connectivity index (χ3n) is 9.03. The van der Waals surface area contributed by atoms with Gasteiger partial charge in [-0.3, -0.25) is 4.79 Å². The van der Waals surface area contributed by atoms with E-state index in [-0.39, 0.29) is 41.8 Å². The molecule has 0 bridgehead atoms. The Labute approximate surface area is 241 Å². The first kappa shape index (κ1) is 29.1. The fourth-order valence-electron chi connectivity index (χ4n) is 6.55. The maximum absolute atomic E-state index is 15.6. The minimum atomic E-state index is -0.924. The number of halogens is 2. The number of aliphatic carboxylic acids is 1. The van der Waals surface area contributed by atoms with Gasteiger partial charge in [-0.2, -0.15) is 0 Å². The van der Waals surface area contributed by atoms with Crippen LogP contribution in [0.15, 0.2) is 54.6 Å². The molecule has 1 unspecified atom stereocenters. The van der Waals surface area contributed by atoms with Crippen molar-refractivity contribution in [2.24, 2.45) is 11.3 Å². The van der Waals surface area contributed by atoms with Gasteiger partial charge in [0.15, 0.2) is 11.6 Å². The Morgan fingerprint density at radius 3 is 2.54 bits per heavy atom. The summed E-state index contributed by atoms with van der Waals surface area (Å²) in [6, 6.07) is 15.8. The van der Waals surface area contributed by atoms with Crippen LogP contribution in [0, 0.1) is 23.0 Å². The molecule has 3 aromatic rings. The van der Waals surface area contributed by atoms with Crippen LogP contribution >= 0.6 is 0 Å². The summed E-state index contributed by atoms with van der Waals surface area (Å²) in [5.74, 6) is -0.659. The van der Waals surface area contributed by atoms with Gasteiger partial charge in [-0.1, -0.05) is 69.9 Å². The number of hydrogen-bond donors (Lipinski definition) is 1. The summed E-state index contributed by atoms with van der Waals surface area (Å²) in [5, 5.41) is 9.43. The number of ether oxygens (including phenoxy) is 2. The lowest BCUT2D eigenvalue weighted by atomic mass is 9.65. The summed E-state index contributed by atoms with van der Waals surface area (Å²) in [7, 11) is 1.58. The number of carboxylic acid groups (broad SMARTS) is 1. The van der Waals surface area contributed by atoms with E-state index in [1.54, 1.807) is 37.4 Å². The predicted octanol–water partition coefficient (Wildman–Crippen LogP) is 9.26. The van der Waals surface area contributed by atoms with E-state index in [9.17, 15) is 9.90 Å². The van der Waals surface area contributed by atoms with Crippen molar-refractivity contribution in [3.63, 3.8) is 0 Å². The van der Waals surface area contributed by atoms with Crippen molar-refractivity contribution in [2.75, 3.05) is 7.11 Å². The molecule has 0 heterocycles. The quantitative estimate of drug-likeness (QED) is 0.253. The SMILES string of the molecule is COc1ccc(F)c(-c2ccc(COc3cccc(C(CC(=O)O)CC4CC4)c3F)cc2[C@@H]2CCCCC2(C)C)c1. The van der Waals surface area contributed by atoms with E-state index in [1.807, 2.05) is 12.1 Å². The summed E-state index contributed by atoms with van der Waals surface area (Å²) in [5.41, 5.74) is 3.75. The molecule has 6 heteroatoms. The molecule has 0 amide bonds. The third kappa shape index (κ3) is 6.74. The van der Waals surface area contributed by atoms with Crippen LogP contribution in [0.4, 0.5) is 8.78 Å². The smallest absolute Gasteiger partial charge is 0.303 e. The van der Waals surface area contributed by atoms with Crippen LogP contribution in [0.25, 0.3) is 11.1 Å². The Balaban J connectivity index is 1.45. The zero-order chi connectivity index (χ0) is 29.1. The van der Waals surface area contributed by atoms with Gasteiger partial charge in [0, 0.05) is 5.56 Å². The van der Waals surface area contributed by atoms with Crippen LogP contribution < -0.4 is 9.47 Å². The van der Waals surface area contributed by atoms with Crippen molar-refractivity contribution < 1.29 is 28.2 Å². The third-order valence-corrected chi connectivity index (χ3v) is 9.03. The fraction of sp³-hybridized carbons (Fsp3) is 0.457. The monoisotopic (exact) mass is 562 g/mol. The molecule has 0 aliphatic heterocycles. The van der Waals surface area contributed by atoms with Gasteiger partial charge in [-0.25, -0.2) is 8.78 Å². The largest absolute Gasteiger partial charge is 0.497 e. The first-order valence-electron chi connectivity index (χ1n) is 14.8. The van der Waals surface area contributed by atoms with Gasteiger partial charge >= 0.3 is 5.97 Å². The molecular formula is C35H40F2O4. The lowest BCUT2D eigenvalue weighted by Gasteiger charge is -2.40. The second kappa shape index (κ2) is 12.2. The second-order valence-electron chi connectivity index (χ2n) is 12.5. The van der Waals surface area contributed by atoms with Crippen molar-refractivity contribution in [2.45, 2.75) is 83.7 Å². The van der Waals surface area contributed by atoms with Gasteiger partial charge in [-0.05, 0) is 89.0 Å². The molecule has 218 valence electrons. The lowest BCUT2D eigenvalue weighted by Crippen LogP contribution is -2.26. The minimum Gasteiger partial charge on any atom is -0.497 e. The summed E-state index contributed by atoms with van der Waals surface area (Å²) in [4.78, 5) is 11.5. The molecular weight excluding hydrogens is 522 g/mol. The van der Waals surface area contributed by atoms with E-state index < -0.39 is 11.8 Å². The fourth-order valence-corrected chi connectivity index (χ4v) is 6.55. The first-order valence-corrected chi connectivity index (χ1v) is 14.8. The van der Waals surface area contributed by atoms with Crippen LogP contribution in [0.3, 0.4) is 0 Å². The summed E-state index contributed by atoms with van der Waals surface area (Å²) < 4.78 is 42.2. The van der Waals surface area contributed by atoms with Gasteiger partial charge < -0.3 is 14.6 Å². The van der Waals surface area contributed by atoms with Gasteiger partial charge in [-0.15, -0.1) is 0 Å². The normalized spacial score (nSPS) is 19.0. The van der Waals surface area contributed by atoms with Crippen LogP contribution in [0.1, 0.15) is 93.7 Å². The topological polar surface area (TPSA) is 55.8 Å². The molecule has 0 saturated heterocycles. The number of hydrogen-bond acceptors (Lipinski definition) is 3. The Hall–Kier alpha value is -3.41. The number of carboxylic acids is 1. The standard InChI is InChI=1S/C35H40F2O4/c1-35(2)16-5-4-8-30(35)28-18-23(12-14-27(28)29-20-25(40-3)13-15-31(29)36)21-41-32-9-6-7-26(34(32)37)24(19-33(38)39)17-22-10-11-22/h6-7,9,12-15,18,20,22,24,30H,4-5,8,10-11,16-17,19,21H2,1-3H3,(H,38,39)/t24?,30-/m0/s1. The Morgan fingerprint density at radius 1 is 1.02 bits per heavy atom. The van der Waals surface area contributed by atoms with E-state index in [1.165, 1.54) is 12.5 Å². The maximum Gasteiger partial charge on any atom is 0.303 e. The van der Waals surface area contributed by atoms with Crippen molar-refractivity contribution >= 4 is 5.97 Å². The molecule has 1 N–H and O–H groups in total. The van der Waals surface area contributed by atoms with Gasteiger partial charge in [0.2, 0.25) is 0 Å². The van der Waals surface area contributed by atoms with Crippen LogP contribution in [-0.2, 0) is 11.4 Å².